The second-order valence-electron chi connectivity index (χ2n) is 4.01. The lowest BCUT2D eigenvalue weighted by atomic mass is 10.2. The monoisotopic (exact) mass is 294 g/mol. The van der Waals surface area contributed by atoms with Gasteiger partial charge in [0.2, 0.25) is 0 Å². The van der Waals surface area contributed by atoms with Crippen molar-refractivity contribution in [2.45, 2.75) is 11.9 Å². The minimum Gasteiger partial charge on any atom is -0.334 e. The Kier molecular flexibility index (Phi) is 2.76. The summed E-state index contributed by atoms with van der Waals surface area (Å²) in [5.41, 5.74) is 1.89. The first-order valence-electron chi connectivity index (χ1n) is 5.43. The van der Waals surface area contributed by atoms with Crippen LogP contribution in [0.3, 0.4) is 0 Å². The fourth-order valence-corrected chi connectivity index (χ4v) is 3.74. The van der Waals surface area contributed by atoms with Crippen LogP contribution in [0, 0.1) is 6.92 Å². The van der Waals surface area contributed by atoms with E-state index in [9.17, 15) is 8.42 Å². The van der Waals surface area contributed by atoms with E-state index in [0.29, 0.717) is 5.13 Å². The standard InChI is InChI=1S/C11H10N4O2S2/c1-7-2-3-8-9(4-7)18-11(14-8)15-19(16,17)10-5-12-6-13-10/h2-6H,1H3,(H,12,13)(H,14,15). The van der Waals surface area contributed by atoms with Crippen LogP contribution < -0.4 is 4.72 Å². The molecule has 98 valence electrons. The first kappa shape index (κ1) is 12.1. The third-order valence-corrected chi connectivity index (χ3v) is 4.86. The smallest absolute Gasteiger partial charge is 0.280 e. The lowest BCUT2D eigenvalue weighted by Gasteiger charge is -2.00. The molecule has 3 aromatic rings. The zero-order chi connectivity index (χ0) is 13.5. The molecule has 3 rings (SSSR count). The number of aryl methyl sites for hydroxylation is 1. The highest BCUT2D eigenvalue weighted by Gasteiger charge is 2.17. The third-order valence-electron chi connectivity index (χ3n) is 2.53. The molecule has 1 aromatic carbocycles. The second-order valence-corrected chi connectivity index (χ2v) is 6.69. The van der Waals surface area contributed by atoms with Crippen molar-refractivity contribution >= 4 is 36.7 Å². The zero-order valence-corrected chi connectivity index (χ0v) is 11.5. The van der Waals surface area contributed by atoms with Crippen molar-refractivity contribution in [3.05, 3.63) is 36.3 Å². The molecule has 0 aliphatic carbocycles. The summed E-state index contributed by atoms with van der Waals surface area (Å²) >= 11 is 1.30. The Bertz CT molecular complexity index is 822. The fourth-order valence-electron chi connectivity index (χ4n) is 1.64. The molecule has 0 unspecified atom stereocenters. The van der Waals surface area contributed by atoms with Crippen LogP contribution in [0.15, 0.2) is 35.7 Å². The van der Waals surface area contributed by atoms with Crippen LogP contribution in [0.1, 0.15) is 5.56 Å². The van der Waals surface area contributed by atoms with Gasteiger partial charge in [-0.2, -0.15) is 8.42 Å². The fraction of sp³-hybridized carbons (Fsp3) is 0.0909. The molecule has 2 aromatic heterocycles. The predicted octanol–water partition coefficient (Wildman–Crippen LogP) is 2.13. The Balaban J connectivity index is 1.98. The van der Waals surface area contributed by atoms with Crippen molar-refractivity contribution in [1.29, 1.82) is 0 Å². The summed E-state index contributed by atoms with van der Waals surface area (Å²) in [5.74, 6) is 0. The van der Waals surface area contributed by atoms with Crippen LogP contribution in [0.25, 0.3) is 10.2 Å². The van der Waals surface area contributed by atoms with Gasteiger partial charge in [0.05, 0.1) is 22.7 Å². The second kappa shape index (κ2) is 4.32. The Labute approximate surface area is 113 Å². The highest BCUT2D eigenvalue weighted by atomic mass is 32.2. The third kappa shape index (κ3) is 2.32. The number of H-pyrrole nitrogens is 1. The van der Waals surface area contributed by atoms with E-state index in [-0.39, 0.29) is 5.03 Å². The molecule has 19 heavy (non-hydrogen) atoms. The minimum absolute atomic E-state index is 0.0166. The van der Waals surface area contributed by atoms with Crippen molar-refractivity contribution in [3.8, 4) is 0 Å². The van der Waals surface area contributed by atoms with E-state index in [2.05, 4.69) is 19.7 Å². The number of nitrogens with one attached hydrogen (secondary N) is 2. The number of imidazole rings is 1. The zero-order valence-electron chi connectivity index (χ0n) is 9.91. The highest BCUT2D eigenvalue weighted by Crippen LogP contribution is 2.27. The van der Waals surface area contributed by atoms with Crippen molar-refractivity contribution in [2.24, 2.45) is 0 Å². The summed E-state index contributed by atoms with van der Waals surface area (Å²) in [6.07, 6.45) is 2.57. The van der Waals surface area contributed by atoms with E-state index in [1.54, 1.807) is 0 Å². The minimum atomic E-state index is -3.65. The van der Waals surface area contributed by atoms with E-state index in [4.69, 9.17) is 0 Å². The van der Waals surface area contributed by atoms with Crippen LogP contribution in [0.5, 0.6) is 0 Å². The summed E-state index contributed by atoms with van der Waals surface area (Å²) < 4.78 is 27.4. The number of aromatic nitrogens is 3. The maximum Gasteiger partial charge on any atom is 0.280 e. The molecule has 8 heteroatoms. The quantitative estimate of drug-likeness (QED) is 0.774. The van der Waals surface area contributed by atoms with Gasteiger partial charge in [-0.3, -0.25) is 4.72 Å². The number of nitrogens with zero attached hydrogens (tertiary/aromatic N) is 2. The summed E-state index contributed by atoms with van der Waals surface area (Å²) in [7, 11) is -3.65. The molecule has 0 aliphatic rings. The molecule has 2 heterocycles. The molecule has 0 radical (unpaired) electrons. The van der Waals surface area contributed by atoms with Gasteiger partial charge in [-0.1, -0.05) is 17.4 Å². The van der Waals surface area contributed by atoms with Gasteiger partial charge in [0.15, 0.2) is 10.2 Å². The number of aromatic amines is 1. The molecule has 2 N–H and O–H groups in total. The highest BCUT2D eigenvalue weighted by molar-refractivity contribution is 7.92. The number of anilines is 1. The number of benzene rings is 1. The van der Waals surface area contributed by atoms with Crippen molar-refractivity contribution in [1.82, 2.24) is 15.0 Å². The van der Waals surface area contributed by atoms with E-state index in [1.165, 1.54) is 23.9 Å². The summed E-state index contributed by atoms with van der Waals surface area (Å²) in [5, 5.41) is 0.359. The Hall–Kier alpha value is -1.93. The molecule has 0 amide bonds. The molecule has 0 saturated heterocycles. The first-order valence-corrected chi connectivity index (χ1v) is 7.73. The van der Waals surface area contributed by atoms with E-state index >= 15 is 0 Å². The van der Waals surface area contributed by atoms with Crippen LogP contribution in [-0.2, 0) is 10.0 Å². The van der Waals surface area contributed by atoms with Gasteiger partial charge in [-0.05, 0) is 24.6 Å². The molecule has 0 aliphatic heterocycles. The van der Waals surface area contributed by atoms with Crippen LogP contribution >= 0.6 is 11.3 Å². The number of hydrogen-bond donors (Lipinski definition) is 2. The lowest BCUT2D eigenvalue weighted by molar-refractivity contribution is 0.598. The Morgan fingerprint density at radius 3 is 2.95 bits per heavy atom. The molecule has 0 atom stereocenters. The normalized spacial score (nSPS) is 11.8. The average molecular weight is 294 g/mol. The molecular weight excluding hydrogens is 284 g/mol. The van der Waals surface area contributed by atoms with Gasteiger partial charge in [0, 0.05) is 0 Å². The summed E-state index contributed by atoms with van der Waals surface area (Å²) in [6, 6.07) is 5.78. The van der Waals surface area contributed by atoms with Crippen LogP contribution in [0.4, 0.5) is 5.13 Å². The lowest BCUT2D eigenvalue weighted by Crippen LogP contribution is -2.12. The number of rotatable bonds is 3. The van der Waals surface area contributed by atoms with Gasteiger partial charge in [0.1, 0.15) is 0 Å². The molecular formula is C11H10N4O2S2. The maximum absolute atomic E-state index is 12.0. The number of thiazole rings is 1. The van der Waals surface area contributed by atoms with Crippen molar-refractivity contribution in [3.63, 3.8) is 0 Å². The van der Waals surface area contributed by atoms with Gasteiger partial charge in [-0.25, -0.2) is 9.97 Å². The number of fused-ring (bicyclic) bond motifs is 1. The van der Waals surface area contributed by atoms with E-state index in [1.807, 2.05) is 25.1 Å². The predicted molar refractivity (Wildman–Crippen MR) is 73.8 cm³/mol. The van der Waals surface area contributed by atoms with E-state index < -0.39 is 10.0 Å². The molecule has 0 bridgehead atoms. The molecule has 0 fully saturated rings. The molecule has 0 saturated carbocycles. The van der Waals surface area contributed by atoms with Crippen molar-refractivity contribution < 1.29 is 8.42 Å². The topological polar surface area (TPSA) is 87.7 Å². The van der Waals surface area contributed by atoms with E-state index in [0.717, 1.165) is 15.8 Å². The average Bonchev–Trinajstić information content (AvgIpc) is 2.95. The Morgan fingerprint density at radius 2 is 2.21 bits per heavy atom. The summed E-state index contributed by atoms with van der Waals surface area (Å²) in [6.45, 7) is 1.98. The van der Waals surface area contributed by atoms with Gasteiger partial charge >= 0.3 is 0 Å². The first-order chi connectivity index (χ1) is 9.04. The maximum atomic E-state index is 12.0. The molecule has 0 spiro atoms. The Morgan fingerprint density at radius 1 is 1.37 bits per heavy atom. The SMILES string of the molecule is Cc1ccc2nc(NS(=O)(=O)c3cnc[nH]3)sc2c1. The summed E-state index contributed by atoms with van der Waals surface area (Å²) in [4.78, 5) is 10.5. The number of hydrogen-bond acceptors (Lipinski definition) is 5. The largest absolute Gasteiger partial charge is 0.334 e. The van der Waals surface area contributed by atoms with Gasteiger partial charge in [0.25, 0.3) is 10.0 Å². The van der Waals surface area contributed by atoms with Crippen molar-refractivity contribution in [2.75, 3.05) is 4.72 Å². The van der Waals surface area contributed by atoms with Gasteiger partial charge < -0.3 is 4.98 Å². The molecule has 6 nitrogen and oxygen atoms in total. The number of sulfonamides is 1. The van der Waals surface area contributed by atoms with Crippen LogP contribution in [0.2, 0.25) is 0 Å². The van der Waals surface area contributed by atoms with Crippen LogP contribution in [-0.4, -0.2) is 23.4 Å². The van der Waals surface area contributed by atoms with Gasteiger partial charge in [-0.15, -0.1) is 0 Å².